The maximum atomic E-state index is 13.1. The van der Waals surface area contributed by atoms with Crippen molar-refractivity contribution in [2.24, 2.45) is 0 Å². The van der Waals surface area contributed by atoms with Crippen LogP contribution in [0.3, 0.4) is 0 Å². The van der Waals surface area contributed by atoms with Gasteiger partial charge >= 0.3 is 12.1 Å². The van der Waals surface area contributed by atoms with E-state index in [9.17, 15) is 10.1 Å². The number of rotatable bonds is 7. The van der Waals surface area contributed by atoms with Crippen molar-refractivity contribution < 1.29 is 14.3 Å². The minimum Gasteiger partial charge on any atom is -0.455 e. The summed E-state index contributed by atoms with van der Waals surface area (Å²) in [5.41, 5.74) is 2.41. The molecule has 232 valence electrons. The molecule has 44 heavy (non-hydrogen) atoms. The lowest BCUT2D eigenvalue weighted by Gasteiger charge is -2.42. The zero-order valence-corrected chi connectivity index (χ0v) is 26.5. The fraction of sp³-hybridized carbons (Fsp3) is 0.529. The summed E-state index contributed by atoms with van der Waals surface area (Å²) in [5.74, 6) is 0.856. The molecule has 10 nitrogen and oxygen atoms in total. The van der Waals surface area contributed by atoms with Crippen LogP contribution < -0.4 is 14.5 Å². The lowest BCUT2D eigenvalue weighted by Crippen LogP contribution is -2.56. The second-order valence-electron chi connectivity index (χ2n) is 13.6. The molecule has 3 aromatic rings. The number of carbonyl (C=O) groups excluding carboxylic acids is 1. The van der Waals surface area contributed by atoms with Crippen LogP contribution in [0.1, 0.15) is 51.3 Å². The van der Waals surface area contributed by atoms with Crippen LogP contribution >= 0.6 is 0 Å². The fourth-order valence-corrected chi connectivity index (χ4v) is 6.48. The second kappa shape index (κ2) is 11.8. The highest BCUT2D eigenvalue weighted by Gasteiger charge is 2.47. The van der Waals surface area contributed by atoms with Crippen molar-refractivity contribution in [3.63, 3.8) is 0 Å². The molecule has 1 atom stereocenters. The quantitative estimate of drug-likeness (QED) is 0.372. The van der Waals surface area contributed by atoms with E-state index in [1.807, 2.05) is 20.8 Å². The third-order valence-corrected chi connectivity index (χ3v) is 8.59. The molecule has 10 heteroatoms. The van der Waals surface area contributed by atoms with Gasteiger partial charge in [-0.1, -0.05) is 36.4 Å². The number of nitriles is 1. The summed E-state index contributed by atoms with van der Waals surface area (Å²) in [5, 5.41) is 12.1. The van der Waals surface area contributed by atoms with Crippen molar-refractivity contribution in [3.8, 4) is 12.1 Å². The predicted octanol–water partition coefficient (Wildman–Crippen LogP) is 5.00. The van der Waals surface area contributed by atoms with Crippen LogP contribution in [0.25, 0.3) is 10.8 Å². The Hall–Kier alpha value is -4.10. The summed E-state index contributed by atoms with van der Waals surface area (Å²) in [4.78, 5) is 31.6. The minimum atomic E-state index is -0.606. The summed E-state index contributed by atoms with van der Waals surface area (Å²) in [6.07, 6.45) is 2.57. The summed E-state index contributed by atoms with van der Waals surface area (Å²) in [7, 11) is 4.12. The zero-order valence-electron chi connectivity index (χ0n) is 26.5. The van der Waals surface area contributed by atoms with Crippen LogP contribution in [0, 0.1) is 11.3 Å². The number of ether oxygens (including phenoxy) is 2. The number of benzene rings is 2. The van der Waals surface area contributed by atoms with E-state index >= 15 is 0 Å². The topological polar surface area (TPSA) is 98.1 Å². The highest BCUT2D eigenvalue weighted by atomic mass is 16.6. The van der Waals surface area contributed by atoms with Gasteiger partial charge in [0.2, 0.25) is 0 Å². The molecule has 0 bridgehead atoms. The predicted molar refractivity (Wildman–Crippen MR) is 171 cm³/mol. The summed E-state index contributed by atoms with van der Waals surface area (Å²) >= 11 is 0. The Morgan fingerprint density at radius 1 is 1.07 bits per heavy atom. The van der Waals surface area contributed by atoms with Gasteiger partial charge in [0, 0.05) is 49.4 Å². The standard InChI is InChI=1S/C34H43N7O3/c1-33(2,3)44-32(42)41-20-19-40(21-25(41)13-17-35)30-27-14-18-39(29-12-8-10-24-9-6-7-11-26(24)29)22-28(27)36-31(37-30)43-34(15-16-34)23-38(4)5/h6-12,25H,13-16,18-23H2,1-5H3/t25-/m0/s1. The number of amides is 1. The molecule has 2 aliphatic heterocycles. The normalized spacial score (nSPS) is 19.5. The Morgan fingerprint density at radius 2 is 1.84 bits per heavy atom. The molecule has 0 spiro atoms. The van der Waals surface area contributed by atoms with E-state index in [1.165, 1.54) is 16.5 Å². The zero-order chi connectivity index (χ0) is 31.1. The monoisotopic (exact) mass is 597 g/mol. The Balaban J connectivity index is 1.33. The van der Waals surface area contributed by atoms with Crippen molar-refractivity contribution in [1.29, 1.82) is 5.26 Å². The summed E-state index contributed by atoms with van der Waals surface area (Å²) in [6.45, 7) is 9.40. The van der Waals surface area contributed by atoms with Gasteiger partial charge < -0.3 is 29.1 Å². The number of fused-ring (bicyclic) bond motifs is 2. The molecular weight excluding hydrogens is 554 g/mol. The van der Waals surface area contributed by atoms with E-state index in [0.29, 0.717) is 32.2 Å². The van der Waals surface area contributed by atoms with Crippen molar-refractivity contribution >= 4 is 28.4 Å². The third-order valence-electron chi connectivity index (χ3n) is 8.59. The van der Waals surface area contributed by atoms with Crippen molar-refractivity contribution in [2.45, 2.75) is 70.2 Å². The van der Waals surface area contributed by atoms with E-state index in [4.69, 9.17) is 19.4 Å². The molecule has 2 fully saturated rings. The molecule has 1 saturated carbocycles. The van der Waals surface area contributed by atoms with Gasteiger partial charge in [-0.3, -0.25) is 0 Å². The van der Waals surface area contributed by atoms with E-state index in [-0.39, 0.29) is 24.2 Å². The highest BCUT2D eigenvalue weighted by Crippen LogP contribution is 2.41. The first kappa shape index (κ1) is 29.9. The van der Waals surface area contributed by atoms with Gasteiger partial charge in [-0.15, -0.1) is 0 Å². The Kier molecular flexibility index (Phi) is 8.01. The molecule has 1 aliphatic carbocycles. The molecule has 3 aliphatic rings. The average Bonchev–Trinajstić information content (AvgIpc) is 3.73. The van der Waals surface area contributed by atoms with Gasteiger partial charge in [-0.2, -0.15) is 15.2 Å². The molecule has 0 unspecified atom stereocenters. The highest BCUT2D eigenvalue weighted by molar-refractivity contribution is 5.94. The number of anilines is 2. The van der Waals surface area contributed by atoms with Crippen LogP contribution in [0.5, 0.6) is 6.01 Å². The number of aromatic nitrogens is 2. The van der Waals surface area contributed by atoms with Crippen molar-refractivity contribution in [3.05, 3.63) is 53.7 Å². The first-order chi connectivity index (χ1) is 21.0. The van der Waals surface area contributed by atoms with E-state index < -0.39 is 5.60 Å². The number of carbonyl (C=O) groups is 1. The summed E-state index contributed by atoms with van der Waals surface area (Å²) in [6, 6.07) is 17.3. The Morgan fingerprint density at radius 3 is 2.57 bits per heavy atom. The molecule has 2 aromatic carbocycles. The van der Waals surface area contributed by atoms with Gasteiger partial charge in [-0.05, 0) is 65.6 Å². The number of hydrogen-bond acceptors (Lipinski definition) is 9. The van der Waals surface area contributed by atoms with Gasteiger partial charge in [0.15, 0.2) is 0 Å². The Bertz CT molecular complexity index is 1570. The largest absolute Gasteiger partial charge is 0.455 e. The molecular formula is C34H43N7O3. The average molecular weight is 598 g/mol. The number of nitrogens with zero attached hydrogens (tertiary/aromatic N) is 7. The molecule has 3 heterocycles. The number of likely N-dealkylation sites (N-methyl/N-ethyl adjacent to an activating group) is 1. The molecule has 6 rings (SSSR count). The maximum Gasteiger partial charge on any atom is 0.410 e. The van der Waals surface area contributed by atoms with Crippen molar-refractivity contribution in [1.82, 2.24) is 19.8 Å². The van der Waals surface area contributed by atoms with Gasteiger partial charge in [0.1, 0.15) is 17.0 Å². The van der Waals surface area contributed by atoms with E-state index in [1.54, 1.807) is 4.90 Å². The smallest absolute Gasteiger partial charge is 0.410 e. The minimum absolute atomic E-state index is 0.215. The number of hydrogen-bond donors (Lipinski definition) is 0. The molecule has 0 N–H and O–H groups in total. The molecule has 1 amide bonds. The van der Waals surface area contributed by atoms with Crippen molar-refractivity contribution in [2.75, 3.05) is 56.6 Å². The van der Waals surface area contributed by atoms with Crippen LogP contribution in [0.4, 0.5) is 16.3 Å². The lowest BCUT2D eigenvalue weighted by molar-refractivity contribution is 0.0144. The number of piperazine rings is 1. The SMILES string of the molecule is CN(C)CC1(Oc2nc3c(c(N4CCN(C(=O)OC(C)(C)C)[C@@H](CC#N)C4)n2)CCN(c2cccc4ccccc24)C3)CC1. The maximum absolute atomic E-state index is 13.1. The third kappa shape index (κ3) is 6.39. The second-order valence-corrected chi connectivity index (χ2v) is 13.6. The van der Waals surface area contributed by atoms with Crippen LogP contribution in [0.2, 0.25) is 0 Å². The first-order valence-electron chi connectivity index (χ1n) is 15.6. The van der Waals surface area contributed by atoms with Crippen LogP contribution in [0.15, 0.2) is 42.5 Å². The van der Waals surface area contributed by atoms with Gasteiger partial charge in [0.25, 0.3) is 0 Å². The van der Waals surface area contributed by atoms with E-state index in [0.717, 1.165) is 49.4 Å². The first-order valence-corrected chi connectivity index (χ1v) is 15.6. The molecule has 1 aromatic heterocycles. The van der Waals surface area contributed by atoms with Gasteiger partial charge in [0.05, 0.1) is 30.8 Å². The van der Waals surface area contributed by atoms with Crippen LogP contribution in [-0.2, 0) is 17.7 Å². The molecule has 0 radical (unpaired) electrons. The van der Waals surface area contributed by atoms with E-state index in [2.05, 4.69) is 77.3 Å². The summed E-state index contributed by atoms with van der Waals surface area (Å²) < 4.78 is 12.3. The Labute approximate surface area is 260 Å². The van der Waals surface area contributed by atoms with Gasteiger partial charge in [-0.25, -0.2) is 4.79 Å². The molecule has 1 saturated heterocycles. The van der Waals surface area contributed by atoms with Crippen LogP contribution in [-0.4, -0.2) is 89.9 Å². The fourth-order valence-electron chi connectivity index (χ4n) is 6.48. The lowest BCUT2D eigenvalue weighted by atomic mass is 10.0.